The van der Waals surface area contributed by atoms with Crippen LogP contribution in [0.15, 0.2) is 18.2 Å². The number of rotatable bonds is 6. The van der Waals surface area contributed by atoms with E-state index in [-0.39, 0.29) is 11.3 Å². The SMILES string of the molecule is CCCC(NC(=O)c1cc(OC)ccc1O)C(=O)O. The lowest BCUT2D eigenvalue weighted by Crippen LogP contribution is -2.40. The van der Waals surface area contributed by atoms with E-state index in [1.165, 1.54) is 25.3 Å². The summed E-state index contributed by atoms with van der Waals surface area (Å²) in [5, 5.41) is 21.0. The molecule has 6 heteroatoms. The Balaban J connectivity index is 2.90. The van der Waals surface area contributed by atoms with Crippen molar-refractivity contribution in [1.82, 2.24) is 5.32 Å². The van der Waals surface area contributed by atoms with Crippen LogP contribution in [0, 0.1) is 0 Å². The second kappa shape index (κ2) is 6.63. The van der Waals surface area contributed by atoms with E-state index in [9.17, 15) is 14.7 Å². The van der Waals surface area contributed by atoms with E-state index in [1.807, 2.05) is 6.92 Å². The number of benzene rings is 1. The molecule has 19 heavy (non-hydrogen) atoms. The zero-order chi connectivity index (χ0) is 14.4. The zero-order valence-electron chi connectivity index (χ0n) is 10.8. The van der Waals surface area contributed by atoms with Crippen molar-refractivity contribution in [2.24, 2.45) is 0 Å². The molecule has 104 valence electrons. The summed E-state index contributed by atoms with van der Waals surface area (Å²) >= 11 is 0. The molecule has 3 N–H and O–H groups in total. The van der Waals surface area contributed by atoms with Crippen LogP contribution in [0.4, 0.5) is 0 Å². The van der Waals surface area contributed by atoms with Gasteiger partial charge in [-0.15, -0.1) is 0 Å². The van der Waals surface area contributed by atoms with Crippen LogP contribution in [0.2, 0.25) is 0 Å². The van der Waals surface area contributed by atoms with Crippen molar-refractivity contribution in [3.63, 3.8) is 0 Å². The van der Waals surface area contributed by atoms with E-state index in [2.05, 4.69) is 5.32 Å². The number of ether oxygens (including phenoxy) is 1. The summed E-state index contributed by atoms with van der Waals surface area (Å²) in [4.78, 5) is 22.9. The number of hydrogen-bond acceptors (Lipinski definition) is 4. The molecule has 0 aromatic heterocycles. The Morgan fingerprint density at radius 2 is 2.11 bits per heavy atom. The van der Waals surface area contributed by atoms with Crippen LogP contribution in [0.3, 0.4) is 0 Å². The fourth-order valence-electron chi connectivity index (χ4n) is 1.61. The molecule has 0 aliphatic rings. The molecule has 0 bridgehead atoms. The summed E-state index contributed by atoms with van der Waals surface area (Å²) in [6.45, 7) is 1.82. The van der Waals surface area contributed by atoms with Gasteiger partial charge >= 0.3 is 5.97 Å². The Bertz CT molecular complexity index is 472. The van der Waals surface area contributed by atoms with Crippen LogP contribution >= 0.6 is 0 Å². The lowest BCUT2D eigenvalue weighted by Gasteiger charge is -2.14. The number of methoxy groups -OCH3 is 1. The quantitative estimate of drug-likeness (QED) is 0.723. The first kappa shape index (κ1) is 14.8. The second-order valence-electron chi connectivity index (χ2n) is 4.04. The first-order chi connectivity index (χ1) is 8.99. The number of carbonyl (C=O) groups is 2. The first-order valence-electron chi connectivity index (χ1n) is 5.90. The van der Waals surface area contributed by atoms with Crippen molar-refractivity contribution in [1.29, 1.82) is 0 Å². The van der Waals surface area contributed by atoms with Gasteiger partial charge in [-0.3, -0.25) is 4.79 Å². The summed E-state index contributed by atoms with van der Waals surface area (Å²) in [5.41, 5.74) is -0.0123. The van der Waals surface area contributed by atoms with Crippen LogP contribution in [0.25, 0.3) is 0 Å². The van der Waals surface area contributed by atoms with Crippen molar-refractivity contribution in [2.75, 3.05) is 7.11 Å². The zero-order valence-corrected chi connectivity index (χ0v) is 10.8. The number of carboxylic acid groups (broad SMARTS) is 1. The van der Waals surface area contributed by atoms with Crippen molar-refractivity contribution < 1.29 is 24.5 Å². The van der Waals surface area contributed by atoms with Gasteiger partial charge in [0.25, 0.3) is 5.91 Å². The number of hydrogen-bond donors (Lipinski definition) is 3. The van der Waals surface area contributed by atoms with E-state index in [4.69, 9.17) is 9.84 Å². The number of phenolic OH excluding ortho intramolecular Hbond substituents is 1. The standard InChI is InChI=1S/C13H17NO5/c1-3-4-10(13(17)18)14-12(16)9-7-8(19-2)5-6-11(9)15/h5-7,10,15H,3-4H2,1-2H3,(H,14,16)(H,17,18). The predicted molar refractivity (Wildman–Crippen MR) is 68.5 cm³/mol. The molecule has 0 fully saturated rings. The van der Waals surface area contributed by atoms with Crippen molar-refractivity contribution in [2.45, 2.75) is 25.8 Å². The van der Waals surface area contributed by atoms with Gasteiger partial charge in [0.15, 0.2) is 0 Å². The summed E-state index contributed by atoms with van der Waals surface area (Å²) < 4.78 is 4.95. The lowest BCUT2D eigenvalue weighted by atomic mass is 10.1. The van der Waals surface area contributed by atoms with Crippen LogP contribution in [0.1, 0.15) is 30.1 Å². The van der Waals surface area contributed by atoms with Crippen LogP contribution in [-0.2, 0) is 4.79 Å². The molecule has 0 saturated heterocycles. The second-order valence-corrected chi connectivity index (χ2v) is 4.04. The van der Waals surface area contributed by atoms with E-state index in [0.29, 0.717) is 18.6 Å². The lowest BCUT2D eigenvalue weighted by molar-refractivity contribution is -0.139. The van der Waals surface area contributed by atoms with Gasteiger partial charge in [0.1, 0.15) is 17.5 Å². The maximum atomic E-state index is 11.9. The van der Waals surface area contributed by atoms with Gasteiger partial charge < -0.3 is 20.3 Å². The third-order valence-corrected chi connectivity index (χ3v) is 2.63. The van der Waals surface area contributed by atoms with Crippen LogP contribution in [-0.4, -0.2) is 35.2 Å². The number of carbonyl (C=O) groups excluding carboxylic acids is 1. The molecule has 0 aliphatic carbocycles. The third kappa shape index (κ3) is 3.87. The molecule has 0 spiro atoms. The Morgan fingerprint density at radius 1 is 1.42 bits per heavy atom. The minimum absolute atomic E-state index is 0.0123. The largest absolute Gasteiger partial charge is 0.507 e. The minimum atomic E-state index is -1.10. The molecule has 0 aliphatic heterocycles. The summed E-state index contributed by atoms with van der Waals surface area (Å²) in [6.07, 6.45) is 0.952. The van der Waals surface area contributed by atoms with E-state index < -0.39 is 17.9 Å². The maximum absolute atomic E-state index is 11.9. The molecule has 1 aromatic carbocycles. The number of carboxylic acids is 1. The summed E-state index contributed by atoms with van der Waals surface area (Å²) in [6, 6.07) is 3.22. The number of nitrogens with one attached hydrogen (secondary N) is 1. The average molecular weight is 267 g/mol. The molecule has 1 aromatic rings. The van der Waals surface area contributed by atoms with Gasteiger partial charge in [-0.2, -0.15) is 0 Å². The van der Waals surface area contributed by atoms with Gasteiger partial charge in [0, 0.05) is 0 Å². The van der Waals surface area contributed by atoms with Gasteiger partial charge in [-0.1, -0.05) is 13.3 Å². The molecule has 1 amide bonds. The number of phenols is 1. The number of aliphatic carboxylic acids is 1. The highest BCUT2D eigenvalue weighted by molar-refractivity contribution is 5.99. The molecule has 1 rings (SSSR count). The van der Waals surface area contributed by atoms with E-state index >= 15 is 0 Å². The van der Waals surface area contributed by atoms with Gasteiger partial charge in [-0.05, 0) is 24.6 Å². The summed E-state index contributed by atoms with van der Waals surface area (Å²) in [7, 11) is 1.44. The molecule has 1 unspecified atom stereocenters. The van der Waals surface area contributed by atoms with E-state index in [1.54, 1.807) is 0 Å². The molecular weight excluding hydrogens is 250 g/mol. The molecule has 1 atom stereocenters. The Kier molecular flexibility index (Phi) is 5.17. The van der Waals surface area contributed by atoms with Gasteiger partial charge in [0.2, 0.25) is 0 Å². The summed E-state index contributed by atoms with van der Waals surface area (Å²) in [5.74, 6) is -1.56. The smallest absolute Gasteiger partial charge is 0.326 e. The highest BCUT2D eigenvalue weighted by Crippen LogP contribution is 2.22. The minimum Gasteiger partial charge on any atom is -0.507 e. The van der Waals surface area contributed by atoms with Gasteiger partial charge in [0.05, 0.1) is 12.7 Å². The molecule has 6 nitrogen and oxygen atoms in total. The van der Waals surface area contributed by atoms with E-state index in [0.717, 1.165) is 0 Å². The Hall–Kier alpha value is -2.24. The normalized spacial score (nSPS) is 11.7. The number of amides is 1. The molecule has 0 heterocycles. The monoisotopic (exact) mass is 267 g/mol. The topological polar surface area (TPSA) is 95.9 Å². The van der Waals surface area contributed by atoms with Crippen molar-refractivity contribution >= 4 is 11.9 Å². The maximum Gasteiger partial charge on any atom is 0.326 e. The molecule has 0 radical (unpaired) electrons. The third-order valence-electron chi connectivity index (χ3n) is 2.63. The Morgan fingerprint density at radius 3 is 2.63 bits per heavy atom. The van der Waals surface area contributed by atoms with Crippen LogP contribution < -0.4 is 10.1 Å². The average Bonchev–Trinajstić information content (AvgIpc) is 2.38. The fourth-order valence-corrected chi connectivity index (χ4v) is 1.61. The van der Waals surface area contributed by atoms with Gasteiger partial charge in [-0.25, -0.2) is 4.79 Å². The first-order valence-corrected chi connectivity index (χ1v) is 5.90. The Labute approximate surface area is 111 Å². The molecule has 0 saturated carbocycles. The number of aromatic hydroxyl groups is 1. The predicted octanol–water partition coefficient (Wildman–Crippen LogP) is 1.38. The van der Waals surface area contributed by atoms with Crippen LogP contribution in [0.5, 0.6) is 11.5 Å². The van der Waals surface area contributed by atoms with Crippen molar-refractivity contribution in [3.05, 3.63) is 23.8 Å². The highest BCUT2D eigenvalue weighted by Gasteiger charge is 2.21. The van der Waals surface area contributed by atoms with Crippen molar-refractivity contribution in [3.8, 4) is 11.5 Å². The highest BCUT2D eigenvalue weighted by atomic mass is 16.5. The fraction of sp³-hybridized carbons (Fsp3) is 0.385. The molecular formula is C13H17NO5.